The van der Waals surface area contributed by atoms with Gasteiger partial charge in [0.1, 0.15) is 5.52 Å². The minimum absolute atomic E-state index is 0.0157. The van der Waals surface area contributed by atoms with E-state index in [1.54, 1.807) is 12.3 Å². The second-order valence-electron chi connectivity index (χ2n) is 5.00. The SMILES string of the molecule is O=[N+]([O-])c1cccc2c(N3CCCC(O)C3)ccnc12. The van der Waals surface area contributed by atoms with Gasteiger partial charge in [-0.1, -0.05) is 12.1 Å². The van der Waals surface area contributed by atoms with Crippen LogP contribution in [-0.2, 0) is 0 Å². The second-order valence-corrected chi connectivity index (χ2v) is 5.00. The number of fused-ring (bicyclic) bond motifs is 1. The maximum Gasteiger partial charge on any atom is 0.295 e. The number of rotatable bonds is 2. The fraction of sp³-hybridized carbons (Fsp3) is 0.357. The molecule has 1 fully saturated rings. The summed E-state index contributed by atoms with van der Waals surface area (Å²) in [4.78, 5) is 16.9. The number of non-ortho nitro benzene ring substituents is 1. The van der Waals surface area contributed by atoms with Gasteiger partial charge >= 0.3 is 0 Å². The van der Waals surface area contributed by atoms with Gasteiger partial charge in [-0.15, -0.1) is 0 Å². The Morgan fingerprint density at radius 3 is 3.00 bits per heavy atom. The Morgan fingerprint density at radius 2 is 2.25 bits per heavy atom. The molecule has 1 aromatic heterocycles. The fourth-order valence-corrected chi connectivity index (χ4v) is 2.74. The third-order valence-electron chi connectivity index (χ3n) is 3.66. The van der Waals surface area contributed by atoms with Crippen LogP contribution in [-0.4, -0.2) is 34.2 Å². The number of anilines is 1. The highest BCUT2D eigenvalue weighted by Crippen LogP contribution is 2.32. The van der Waals surface area contributed by atoms with E-state index < -0.39 is 4.92 Å². The van der Waals surface area contributed by atoms with Gasteiger partial charge in [-0.3, -0.25) is 10.1 Å². The summed E-state index contributed by atoms with van der Waals surface area (Å²) in [7, 11) is 0. The van der Waals surface area contributed by atoms with Crippen LogP contribution in [0.2, 0.25) is 0 Å². The highest BCUT2D eigenvalue weighted by Gasteiger charge is 2.21. The maximum atomic E-state index is 11.1. The molecule has 6 nitrogen and oxygen atoms in total. The number of aromatic nitrogens is 1. The lowest BCUT2D eigenvalue weighted by molar-refractivity contribution is -0.383. The summed E-state index contributed by atoms with van der Waals surface area (Å²) >= 11 is 0. The summed E-state index contributed by atoms with van der Waals surface area (Å²) in [5.41, 5.74) is 1.31. The molecule has 0 aliphatic carbocycles. The molecule has 1 N–H and O–H groups in total. The molecule has 0 amide bonds. The molecule has 0 radical (unpaired) electrons. The molecule has 1 aliphatic rings. The molecule has 20 heavy (non-hydrogen) atoms. The van der Waals surface area contributed by atoms with Crippen molar-refractivity contribution in [1.29, 1.82) is 0 Å². The first-order valence-corrected chi connectivity index (χ1v) is 6.62. The van der Waals surface area contributed by atoms with Gasteiger partial charge in [0.25, 0.3) is 5.69 Å². The molecule has 2 heterocycles. The lowest BCUT2D eigenvalue weighted by Gasteiger charge is -2.32. The van der Waals surface area contributed by atoms with Gasteiger partial charge in [-0.2, -0.15) is 0 Å². The molecule has 6 heteroatoms. The molecule has 0 spiro atoms. The van der Waals surface area contributed by atoms with E-state index in [2.05, 4.69) is 9.88 Å². The van der Waals surface area contributed by atoms with Crippen molar-refractivity contribution < 1.29 is 10.0 Å². The van der Waals surface area contributed by atoms with Gasteiger partial charge in [0.2, 0.25) is 0 Å². The largest absolute Gasteiger partial charge is 0.391 e. The van der Waals surface area contributed by atoms with Crippen LogP contribution in [0.1, 0.15) is 12.8 Å². The molecule has 0 saturated carbocycles. The van der Waals surface area contributed by atoms with Crippen molar-refractivity contribution in [2.24, 2.45) is 0 Å². The minimum atomic E-state index is -0.413. The van der Waals surface area contributed by atoms with E-state index in [1.807, 2.05) is 12.1 Å². The third kappa shape index (κ3) is 2.18. The van der Waals surface area contributed by atoms with E-state index >= 15 is 0 Å². The van der Waals surface area contributed by atoms with Crippen LogP contribution < -0.4 is 4.90 Å². The predicted octanol–water partition coefficient (Wildman–Crippen LogP) is 2.10. The van der Waals surface area contributed by atoms with Crippen LogP contribution in [0, 0.1) is 10.1 Å². The first-order valence-electron chi connectivity index (χ1n) is 6.62. The number of nitrogens with zero attached hydrogens (tertiary/aromatic N) is 3. The number of nitro benzene ring substituents is 1. The standard InChI is InChI=1S/C14H15N3O3/c18-10-3-2-8-16(9-10)12-6-7-15-14-11(12)4-1-5-13(14)17(19)20/h1,4-7,10,18H,2-3,8-9H2. The maximum absolute atomic E-state index is 11.1. The average molecular weight is 273 g/mol. The number of benzene rings is 1. The fourth-order valence-electron chi connectivity index (χ4n) is 2.74. The Morgan fingerprint density at radius 1 is 1.40 bits per heavy atom. The molecule has 1 unspecified atom stereocenters. The first kappa shape index (κ1) is 12.8. The van der Waals surface area contributed by atoms with E-state index in [9.17, 15) is 15.2 Å². The lowest BCUT2D eigenvalue weighted by atomic mass is 10.1. The predicted molar refractivity (Wildman–Crippen MR) is 75.9 cm³/mol. The Bertz CT molecular complexity index is 659. The Hall–Kier alpha value is -2.21. The van der Waals surface area contributed by atoms with Gasteiger partial charge in [-0.25, -0.2) is 4.98 Å². The normalized spacial score (nSPS) is 19.2. The van der Waals surface area contributed by atoms with Crippen molar-refractivity contribution in [3.8, 4) is 0 Å². The summed E-state index contributed by atoms with van der Waals surface area (Å²) in [5.74, 6) is 0. The Labute approximate surface area is 115 Å². The molecular formula is C14H15N3O3. The number of pyridine rings is 1. The molecule has 2 aromatic rings. The molecule has 1 aliphatic heterocycles. The zero-order valence-corrected chi connectivity index (χ0v) is 10.9. The zero-order chi connectivity index (χ0) is 14.1. The Balaban J connectivity index is 2.12. The number of aliphatic hydroxyl groups is 1. The molecule has 0 bridgehead atoms. The van der Waals surface area contributed by atoms with Crippen molar-refractivity contribution in [1.82, 2.24) is 4.98 Å². The molecule has 1 saturated heterocycles. The molecule has 3 rings (SSSR count). The smallest absolute Gasteiger partial charge is 0.295 e. The van der Waals surface area contributed by atoms with Crippen molar-refractivity contribution in [3.05, 3.63) is 40.6 Å². The van der Waals surface area contributed by atoms with Crippen LogP contribution in [0.15, 0.2) is 30.5 Å². The number of β-amino-alcohol motifs (C(OH)–C–C–N with tert-alkyl or cyclic N) is 1. The van der Waals surface area contributed by atoms with Crippen LogP contribution in [0.3, 0.4) is 0 Å². The van der Waals surface area contributed by atoms with E-state index in [0.717, 1.165) is 30.5 Å². The number of aliphatic hydroxyl groups excluding tert-OH is 1. The summed E-state index contributed by atoms with van der Waals surface area (Å²) in [6, 6.07) is 6.83. The summed E-state index contributed by atoms with van der Waals surface area (Å²) < 4.78 is 0. The van der Waals surface area contributed by atoms with Crippen LogP contribution in [0.4, 0.5) is 11.4 Å². The average Bonchev–Trinajstić information content (AvgIpc) is 2.45. The third-order valence-corrected chi connectivity index (χ3v) is 3.66. The number of piperidine rings is 1. The van der Waals surface area contributed by atoms with Gasteiger partial charge in [-0.05, 0) is 18.9 Å². The number of hydrogen-bond acceptors (Lipinski definition) is 5. The summed E-state index contributed by atoms with van der Waals surface area (Å²) in [5, 5.41) is 21.6. The van der Waals surface area contributed by atoms with Gasteiger partial charge < -0.3 is 10.0 Å². The van der Waals surface area contributed by atoms with Gasteiger partial charge in [0.15, 0.2) is 0 Å². The molecule has 1 atom stereocenters. The van der Waals surface area contributed by atoms with Crippen molar-refractivity contribution in [3.63, 3.8) is 0 Å². The van der Waals surface area contributed by atoms with E-state index in [4.69, 9.17) is 0 Å². The van der Waals surface area contributed by atoms with Crippen LogP contribution >= 0.6 is 0 Å². The zero-order valence-electron chi connectivity index (χ0n) is 10.9. The van der Waals surface area contributed by atoms with Crippen molar-refractivity contribution >= 4 is 22.3 Å². The lowest BCUT2D eigenvalue weighted by Crippen LogP contribution is -2.38. The topological polar surface area (TPSA) is 79.5 Å². The minimum Gasteiger partial charge on any atom is -0.391 e. The number of hydrogen-bond donors (Lipinski definition) is 1. The van der Waals surface area contributed by atoms with Crippen molar-refractivity contribution in [2.45, 2.75) is 18.9 Å². The van der Waals surface area contributed by atoms with Gasteiger partial charge in [0.05, 0.1) is 11.0 Å². The van der Waals surface area contributed by atoms with E-state index in [1.165, 1.54) is 6.07 Å². The van der Waals surface area contributed by atoms with Crippen LogP contribution in [0.25, 0.3) is 10.9 Å². The summed E-state index contributed by atoms with van der Waals surface area (Å²) in [6.07, 6.45) is 2.97. The second kappa shape index (κ2) is 5.05. The number of para-hydroxylation sites is 1. The van der Waals surface area contributed by atoms with Crippen LogP contribution in [0.5, 0.6) is 0 Å². The highest BCUT2D eigenvalue weighted by atomic mass is 16.6. The molecular weight excluding hydrogens is 258 g/mol. The number of nitro groups is 1. The quantitative estimate of drug-likeness (QED) is 0.669. The molecule has 104 valence electrons. The van der Waals surface area contributed by atoms with E-state index in [-0.39, 0.29) is 11.8 Å². The summed E-state index contributed by atoms with van der Waals surface area (Å²) in [6.45, 7) is 1.40. The Kier molecular flexibility index (Phi) is 3.23. The van der Waals surface area contributed by atoms with Crippen molar-refractivity contribution in [2.75, 3.05) is 18.0 Å². The first-order chi connectivity index (χ1) is 9.66. The highest BCUT2D eigenvalue weighted by molar-refractivity contribution is 5.96. The monoisotopic (exact) mass is 273 g/mol. The van der Waals surface area contributed by atoms with E-state index in [0.29, 0.717) is 12.1 Å². The van der Waals surface area contributed by atoms with Gasteiger partial charge in [0, 0.05) is 36.4 Å². The molecule has 1 aromatic carbocycles.